The molecule has 1 unspecified atom stereocenters. The molecule has 1 aromatic rings. The summed E-state index contributed by atoms with van der Waals surface area (Å²) in [6, 6.07) is 12.2. The molecule has 2 nitrogen and oxygen atoms in total. The number of hydrogen-bond acceptors (Lipinski definition) is 2. The van der Waals surface area contributed by atoms with Gasteiger partial charge in [0.05, 0.1) is 0 Å². The summed E-state index contributed by atoms with van der Waals surface area (Å²) in [7, 11) is 0. The molecule has 1 heterocycles. The fourth-order valence-electron chi connectivity index (χ4n) is 2.62. The van der Waals surface area contributed by atoms with Gasteiger partial charge >= 0.3 is 0 Å². The Kier molecular flexibility index (Phi) is 4.57. The molecule has 1 aliphatic heterocycles. The van der Waals surface area contributed by atoms with E-state index in [1.54, 1.807) is 0 Å². The van der Waals surface area contributed by atoms with Crippen LogP contribution in [-0.4, -0.2) is 30.1 Å². The molecule has 0 spiro atoms. The quantitative estimate of drug-likeness (QED) is 0.858. The standard InChI is InChI=1S/C15H24N2/c1-3-14-12-17(15(4-2)10-16-14)11-13-8-6-5-7-9-13/h5-9,14-16H,3-4,10-12H2,1-2H3/t14-,15?/m1/s1. The fraction of sp³-hybridized carbons (Fsp3) is 0.600. The molecule has 0 radical (unpaired) electrons. The van der Waals surface area contributed by atoms with Crippen LogP contribution in [-0.2, 0) is 6.54 Å². The molecule has 1 aromatic carbocycles. The molecule has 94 valence electrons. The van der Waals surface area contributed by atoms with Crippen LogP contribution in [0.3, 0.4) is 0 Å². The van der Waals surface area contributed by atoms with Gasteiger partial charge in [-0.15, -0.1) is 0 Å². The lowest BCUT2D eigenvalue weighted by Crippen LogP contribution is -2.55. The maximum atomic E-state index is 3.64. The summed E-state index contributed by atoms with van der Waals surface area (Å²) >= 11 is 0. The highest BCUT2D eigenvalue weighted by Crippen LogP contribution is 2.15. The average Bonchev–Trinajstić information content (AvgIpc) is 2.40. The second-order valence-corrected chi connectivity index (χ2v) is 4.99. The van der Waals surface area contributed by atoms with E-state index < -0.39 is 0 Å². The predicted octanol–water partition coefficient (Wildman–Crippen LogP) is 2.65. The van der Waals surface area contributed by atoms with Crippen LogP contribution in [0.2, 0.25) is 0 Å². The van der Waals surface area contributed by atoms with Crippen LogP contribution in [0.4, 0.5) is 0 Å². The van der Waals surface area contributed by atoms with Gasteiger partial charge in [-0.25, -0.2) is 0 Å². The van der Waals surface area contributed by atoms with Gasteiger partial charge in [0, 0.05) is 31.7 Å². The van der Waals surface area contributed by atoms with Crippen molar-refractivity contribution in [1.29, 1.82) is 0 Å². The van der Waals surface area contributed by atoms with E-state index in [1.807, 2.05) is 0 Å². The van der Waals surface area contributed by atoms with E-state index in [2.05, 4.69) is 54.4 Å². The molecule has 2 heteroatoms. The molecule has 0 saturated carbocycles. The van der Waals surface area contributed by atoms with E-state index in [-0.39, 0.29) is 0 Å². The highest BCUT2D eigenvalue weighted by atomic mass is 15.2. The summed E-state index contributed by atoms with van der Waals surface area (Å²) in [5.74, 6) is 0. The smallest absolute Gasteiger partial charge is 0.0237 e. The predicted molar refractivity (Wildman–Crippen MR) is 73.0 cm³/mol. The molecule has 2 rings (SSSR count). The zero-order valence-electron chi connectivity index (χ0n) is 11.0. The number of rotatable bonds is 4. The molecular weight excluding hydrogens is 208 g/mol. The fourth-order valence-corrected chi connectivity index (χ4v) is 2.62. The van der Waals surface area contributed by atoms with Crippen molar-refractivity contribution in [3.8, 4) is 0 Å². The van der Waals surface area contributed by atoms with Gasteiger partial charge in [-0.2, -0.15) is 0 Å². The third-order valence-corrected chi connectivity index (χ3v) is 3.81. The van der Waals surface area contributed by atoms with Crippen molar-refractivity contribution in [2.45, 2.75) is 45.3 Å². The van der Waals surface area contributed by atoms with Crippen LogP contribution in [0.5, 0.6) is 0 Å². The highest BCUT2D eigenvalue weighted by Gasteiger charge is 2.25. The first-order valence-corrected chi connectivity index (χ1v) is 6.84. The van der Waals surface area contributed by atoms with Crippen LogP contribution in [0.1, 0.15) is 32.3 Å². The van der Waals surface area contributed by atoms with Gasteiger partial charge in [0.1, 0.15) is 0 Å². The molecule has 0 amide bonds. The maximum Gasteiger partial charge on any atom is 0.0237 e. The van der Waals surface area contributed by atoms with Gasteiger partial charge in [0.2, 0.25) is 0 Å². The number of hydrogen-bond donors (Lipinski definition) is 1. The Balaban J connectivity index is 2.00. The minimum absolute atomic E-state index is 0.668. The number of piperazine rings is 1. The third kappa shape index (κ3) is 3.30. The van der Waals surface area contributed by atoms with Gasteiger partial charge in [-0.1, -0.05) is 44.2 Å². The topological polar surface area (TPSA) is 15.3 Å². The number of nitrogens with one attached hydrogen (secondary N) is 1. The van der Waals surface area contributed by atoms with Crippen molar-refractivity contribution in [3.63, 3.8) is 0 Å². The molecule has 17 heavy (non-hydrogen) atoms. The van der Waals surface area contributed by atoms with E-state index in [9.17, 15) is 0 Å². The SMILES string of the molecule is CCC1CN[C@H](CC)CN1Cc1ccccc1. The molecule has 1 fully saturated rings. The molecule has 2 atom stereocenters. The molecular formula is C15H24N2. The Bertz CT molecular complexity index is 323. The lowest BCUT2D eigenvalue weighted by molar-refractivity contribution is 0.117. The van der Waals surface area contributed by atoms with Gasteiger partial charge in [0.25, 0.3) is 0 Å². The van der Waals surface area contributed by atoms with E-state index in [0.29, 0.717) is 12.1 Å². The molecule has 1 saturated heterocycles. The maximum absolute atomic E-state index is 3.64. The van der Waals surface area contributed by atoms with Gasteiger partial charge < -0.3 is 5.32 Å². The monoisotopic (exact) mass is 232 g/mol. The van der Waals surface area contributed by atoms with Crippen molar-refractivity contribution < 1.29 is 0 Å². The van der Waals surface area contributed by atoms with Crippen molar-refractivity contribution in [2.75, 3.05) is 13.1 Å². The average molecular weight is 232 g/mol. The summed E-state index contributed by atoms with van der Waals surface area (Å²) in [4.78, 5) is 2.64. The van der Waals surface area contributed by atoms with Crippen molar-refractivity contribution in [2.24, 2.45) is 0 Å². The van der Waals surface area contributed by atoms with Gasteiger partial charge in [0.15, 0.2) is 0 Å². The molecule has 0 bridgehead atoms. The molecule has 1 aliphatic rings. The zero-order chi connectivity index (χ0) is 12.1. The Labute approximate surface area is 105 Å². The summed E-state index contributed by atoms with van der Waals surface area (Å²) < 4.78 is 0. The van der Waals surface area contributed by atoms with Crippen LogP contribution >= 0.6 is 0 Å². The first-order valence-electron chi connectivity index (χ1n) is 6.84. The lowest BCUT2D eigenvalue weighted by Gasteiger charge is -2.40. The zero-order valence-corrected chi connectivity index (χ0v) is 11.0. The Morgan fingerprint density at radius 2 is 1.94 bits per heavy atom. The van der Waals surface area contributed by atoms with Crippen LogP contribution < -0.4 is 5.32 Å². The van der Waals surface area contributed by atoms with Crippen LogP contribution in [0.25, 0.3) is 0 Å². The minimum atomic E-state index is 0.668. The first-order chi connectivity index (χ1) is 8.33. The Hall–Kier alpha value is -0.860. The lowest BCUT2D eigenvalue weighted by atomic mass is 10.0. The van der Waals surface area contributed by atoms with E-state index in [1.165, 1.54) is 24.9 Å². The second-order valence-electron chi connectivity index (χ2n) is 4.99. The van der Waals surface area contributed by atoms with Gasteiger partial charge in [-0.05, 0) is 18.4 Å². The van der Waals surface area contributed by atoms with Gasteiger partial charge in [-0.3, -0.25) is 4.90 Å². The second kappa shape index (κ2) is 6.18. The van der Waals surface area contributed by atoms with Crippen molar-refractivity contribution >= 4 is 0 Å². The third-order valence-electron chi connectivity index (χ3n) is 3.81. The summed E-state index contributed by atoms with van der Waals surface area (Å²) in [6.07, 6.45) is 2.46. The number of benzene rings is 1. The summed E-state index contributed by atoms with van der Waals surface area (Å²) in [5.41, 5.74) is 1.43. The minimum Gasteiger partial charge on any atom is -0.311 e. The first kappa shape index (κ1) is 12.6. The summed E-state index contributed by atoms with van der Waals surface area (Å²) in [5, 5.41) is 3.64. The van der Waals surface area contributed by atoms with E-state index in [4.69, 9.17) is 0 Å². The Morgan fingerprint density at radius 3 is 2.59 bits per heavy atom. The molecule has 0 aliphatic carbocycles. The summed E-state index contributed by atoms with van der Waals surface area (Å²) in [6.45, 7) is 7.98. The number of nitrogens with zero attached hydrogens (tertiary/aromatic N) is 1. The van der Waals surface area contributed by atoms with Crippen molar-refractivity contribution in [1.82, 2.24) is 10.2 Å². The van der Waals surface area contributed by atoms with Crippen LogP contribution in [0, 0.1) is 0 Å². The molecule has 1 N–H and O–H groups in total. The van der Waals surface area contributed by atoms with E-state index in [0.717, 1.165) is 13.1 Å². The normalized spacial score (nSPS) is 26.0. The largest absolute Gasteiger partial charge is 0.311 e. The highest BCUT2D eigenvalue weighted by molar-refractivity contribution is 5.14. The van der Waals surface area contributed by atoms with Crippen molar-refractivity contribution in [3.05, 3.63) is 35.9 Å². The molecule has 0 aromatic heterocycles. The van der Waals surface area contributed by atoms with Crippen LogP contribution in [0.15, 0.2) is 30.3 Å². The van der Waals surface area contributed by atoms with E-state index >= 15 is 0 Å². The Morgan fingerprint density at radius 1 is 1.18 bits per heavy atom.